The van der Waals surface area contributed by atoms with Gasteiger partial charge < -0.3 is 25.2 Å². The second kappa shape index (κ2) is 9.40. The molecule has 1 aliphatic heterocycles. The Morgan fingerprint density at radius 3 is 2.19 bits per heavy atom. The summed E-state index contributed by atoms with van der Waals surface area (Å²) in [6.45, 7) is 0.514. The maximum absolute atomic E-state index is 12.7. The Hall–Kier alpha value is -3.39. The molecule has 8 nitrogen and oxygen atoms in total. The number of carbonyl (C=O) groups excluding carboxylic acids is 2. The van der Waals surface area contributed by atoms with E-state index in [0.29, 0.717) is 26.1 Å². The molecule has 4 rings (SSSR count). The Kier molecular flexibility index (Phi) is 6.41. The van der Waals surface area contributed by atoms with E-state index in [2.05, 4.69) is 22.8 Å². The van der Waals surface area contributed by atoms with Crippen molar-refractivity contribution in [2.24, 2.45) is 0 Å². The van der Waals surface area contributed by atoms with Gasteiger partial charge in [-0.1, -0.05) is 48.5 Å². The maximum atomic E-state index is 12.7. The summed E-state index contributed by atoms with van der Waals surface area (Å²) in [6, 6.07) is 16.2. The number of amides is 2. The molecule has 2 aromatic carbocycles. The minimum Gasteiger partial charge on any atom is -0.480 e. The number of nitrogens with one attached hydrogen (secondary N) is 2. The molecule has 3 N–H and O–H groups in total. The fraction of sp³-hybridized carbons (Fsp3) is 0.375. The van der Waals surface area contributed by atoms with Crippen LogP contribution in [0.4, 0.5) is 4.79 Å². The number of benzene rings is 2. The van der Waals surface area contributed by atoms with Gasteiger partial charge in [0.1, 0.15) is 13.2 Å². The van der Waals surface area contributed by atoms with Crippen LogP contribution in [0.3, 0.4) is 0 Å². The zero-order valence-electron chi connectivity index (χ0n) is 17.6. The van der Waals surface area contributed by atoms with Gasteiger partial charge in [0, 0.05) is 25.6 Å². The van der Waals surface area contributed by atoms with Gasteiger partial charge in [-0.2, -0.15) is 0 Å². The van der Waals surface area contributed by atoms with E-state index in [-0.39, 0.29) is 18.9 Å². The highest BCUT2D eigenvalue weighted by molar-refractivity contribution is 5.83. The lowest BCUT2D eigenvalue weighted by molar-refractivity contribution is -0.138. The third-order valence-electron chi connectivity index (χ3n) is 6.10. The summed E-state index contributed by atoms with van der Waals surface area (Å²) in [6.07, 6.45) is 0.253. The molecule has 0 atom stereocenters. The zero-order chi connectivity index (χ0) is 22.6. The van der Waals surface area contributed by atoms with Crippen molar-refractivity contribution in [2.45, 2.75) is 30.7 Å². The van der Waals surface area contributed by atoms with Crippen molar-refractivity contribution in [1.29, 1.82) is 0 Å². The molecule has 1 aliphatic carbocycles. The van der Waals surface area contributed by atoms with E-state index in [0.717, 1.165) is 22.3 Å². The number of hydrogen-bond acceptors (Lipinski definition) is 5. The van der Waals surface area contributed by atoms with Crippen LogP contribution in [0, 0.1) is 0 Å². The van der Waals surface area contributed by atoms with Crippen molar-refractivity contribution in [1.82, 2.24) is 10.6 Å². The van der Waals surface area contributed by atoms with Crippen LogP contribution in [0.25, 0.3) is 11.1 Å². The molecule has 8 heteroatoms. The van der Waals surface area contributed by atoms with E-state index >= 15 is 0 Å². The van der Waals surface area contributed by atoms with Crippen LogP contribution in [-0.4, -0.2) is 55.0 Å². The smallest absolute Gasteiger partial charge is 0.407 e. The van der Waals surface area contributed by atoms with Gasteiger partial charge in [0.2, 0.25) is 5.91 Å². The second-order valence-electron chi connectivity index (χ2n) is 8.19. The van der Waals surface area contributed by atoms with Crippen LogP contribution in [0.15, 0.2) is 48.5 Å². The molecule has 32 heavy (non-hydrogen) atoms. The van der Waals surface area contributed by atoms with Gasteiger partial charge in [0.25, 0.3) is 0 Å². The predicted octanol–water partition coefficient (Wildman–Crippen LogP) is 2.67. The minimum absolute atomic E-state index is 0.0339. The lowest BCUT2D eigenvalue weighted by atomic mass is 9.86. The topological polar surface area (TPSA) is 114 Å². The quantitative estimate of drug-likeness (QED) is 0.613. The molecule has 0 spiro atoms. The minimum atomic E-state index is -1.12. The third kappa shape index (κ3) is 4.75. The van der Waals surface area contributed by atoms with Gasteiger partial charge in [-0.05, 0) is 35.1 Å². The molecule has 2 amide bonds. The van der Waals surface area contributed by atoms with Crippen LogP contribution < -0.4 is 10.6 Å². The van der Waals surface area contributed by atoms with Gasteiger partial charge in [-0.25, -0.2) is 4.79 Å². The van der Waals surface area contributed by atoms with Crippen LogP contribution in [0.1, 0.15) is 36.3 Å². The molecule has 0 saturated carbocycles. The lowest BCUT2D eigenvalue weighted by Crippen LogP contribution is -2.54. The molecule has 0 aromatic heterocycles. The molecule has 0 unspecified atom stereocenters. The second-order valence-corrected chi connectivity index (χ2v) is 8.19. The number of aliphatic carboxylic acids is 1. The van der Waals surface area contributed by atoms with Crippen LogP contribution in [0.2, 0.25) is 0 Å². The van der Waals surface area contributed by atoms with Crippen molar-refractivity contribution in [2.75, 3.05) is 26.4 Å². The first kappa shape index (κ1) is 21.8. The Morgan fingerprint density at radius 2 is 1.59 bits per heavy atom. The summed E-state index contributed by atoms with van der Waals surface area (Å²) in [5, 5.41) is 14.0. The fourth-order valence-corrected chi connectivity index (χ4v) is 4.50. The molecule has 0 bridgehead atoms. The number of rotatable bonds is 7. The first-order valence-electron chi connectivity index (χ1n) is 10.7. The Labute approximate surface area is 185 Å². The number of carboxylic acids is 1. The van der Waals surface area contributed by atoms with E-state index in [1.165, 1.54) is 0 Å². The molecule has 0 radical (unpaired) electrons. The highest BCUT2D eigenvalue weighted by Crippen LogP contribution is 2.44. The molecule has 1 fully saturated rings. The zero-order valence-corrected chi connectivity index (χ0v) is 17.6. The van der Waals surface area contributed by atoms with E-state index in [4.69, 9.17) is 14.6 Å². The lowest BCUT2D eigenvalue weighted by Gasteiger charge is -2.37. The third-order valence-corrected chi connectivity index (χ3v) is 6.10. The standard InChI is InChI=1S/C24H26N2O6/c27-21(25-14-22(28)29)13-24(9-11-31-12-10-24)26-23(30)32-15-20-18-7-3-1-5-16(18)17-6-2-4-8-19(17)20/h1-8,20H,9-15H2,(H,25,27)(H,26,30)(H,28,29). The van der Waals surface area contributed by atoms with Gasteiger partial charge in [-0.3, -0.25) is 9.59 Å². The van der Waals surface area contributed by atoms with Gasteiger partial charge in [0.15, 0.2) is 0 Å². The molecule has 168 valence electrons. The highest BCUT2D eigenvalue weighted by Gasteiger charge is 2.37. The summed E-state index contributed by atoms with van der Waals surface area (Å²) >= 11 is 0. The van der Waals surface area contributed by atoms with Crippen LogP contribution in [-0.2, 0) is 19.1 Å². The van der Waals surface area contributed by atoms with E-state index in [9.17, 15) is 14.4 Å². The van der Waals surface area contributed by atoms with E-state index in [1.54, 1.807) is 0 Å². The van der Waals surface area contributed by atoms with E-state index < -0.39 is 30.1 Å². The maximum Gasteiger partial charge on any atom is 0.407 e. The van der Waals surface area contributed by atoms with Gasteiger partial charge in [-0.15, -0.1) is 0 Å². The molecule has 2 aromatic rings. The molecule has 2 aliphatic rings. The molecule has 1 heterocycles. The van der Waals surface area contributed by atoms with Crippen molar-refractivity contribution in [3.63, 3.8) is 0 Å². The van der Waals surface area contributed by atoms with Gasteiger partial charge >= 0.3 is 12.1 Å². The Bertz CT molecular complexity index is 970. The highest BCUT2D eigenvalue weighted by atomic mass is 16.5. The Balaban J connectivity index is 1.42. The SMILES string of the molecule is O=C(O)CNC(=O)CC1(NC(=O)OCC2c3ccccc3-c3ccccc32)CCOCC1. The molecular formula is C24H26N2O6. The molecule has 1 saturated heterocycles. The normalized spacial score (nSPS) is 16.5. The first-order valence-corrected chi connectivity index (χ1v) is 10.7. The summed E-state index contributed by atoms with van der Waals surface area (Å²) in [7, 11) is 0. The number of hydrogen-bond donors (Lipinski definition) is 3. The predicted molar refractivity (Wildman–Crippen MR) is 116 cm³/mol. The largest absolute Gasteiger partial charge is 0.480 e. The number of alkyl carbamates (subject to hydrolysis) is 1. The number of fused-ring (bicyclic) bond motifs is 3. The summed E-state index contributed by atoms with van der Waals surface area (Å²) < 4.78 is 11.0. The van der Waals surface area contributed by atoms with Crippen LogP contribution >= 0.6 is 0 Å². The van der Waals surface area contributed by atoms with Gasteiger partial charge in [0.05, 0.1) is 5.54 Å². The first-order chi connectivity index (χ1) is 15.5. The fourth-order valence-electron chi connectivity index (χ4n) is 4.50. The average molecular weight is 438 g/mol. The summed E-state index contributed by atoms with van der Waals surface area (Å²) in [5.41, 5.74) is 3.70. The number of carbonyl (C=O) groups is 3. The van der Waals surface area contributed by atoms with E-state index in [1.807, 2.05) is 36.4 Å². The van der Waals surface area contributed by atoms with Crippen molar-refractivity contribution < 1.29 is 29.0 Å². The average Bonchev–Trinajstić information content (AvgIpc) is 3.10. The number of ether oxygens (including phenoxy) is 2. The van der Waals surface area contributed by atoms with Crippen molar-refractivity contribution in [3.05, 3.63) is 59.7 Å². The monoisotopic (exact) mass is 438 g/mol. The molecular weight excluding hydrogens is 412 g/mol. The number of carboxylic acid groups (broad SMARTS) is 1. The Morgan fingerprint density at radius 1 is 1.00 bits per heavy atom. The summed E-state index contributed by atoms with van der Waals surface area (Å²) in [4.78, 5) is 35.7. The van der Waals surface area contributed by atoms with Crippen LogP contribution in [0.5, 0.6) is 0 Å². The summed E-state index contributed by atoms with van der Waals surface area (Å²) in [5.74, 6) is -1.62. The van der Waals surface area contributed by atoms with Crippen molar-refractivity contribution in [3.8, 4) is 11.1 Å². The van der Waals surface area contributed by atoms with Crippen molar-refractivity contribution >= 4 is 18.0 Å².